The van der Waals surface area contributed by atoms with E-state index >= 15 is 0 Å². The maximum absolute atomic E-state index is 11.9. The number of nitrogens with zero attached hydrogens (tertiary/aromatic N) is 4. The maximum atomic E-state index is 11.9. The van der Waals surface area contributed by atoms with Gasteiger partial charge in [0.1, 0.15) is 11.6 Å². The van der Waals surface area contributed by atoms with Gasteiger partial charge in [0, 0.05) is 41.9 Å². The Morgan fingerprint density at radius 3 is 2.50 bits per heavy atom. The number of aromatic nitrogens is 4. The molecule has 8 heteroatoms. The van der Waals surface area contributed by atoms with Gasteiger partial charge in [0.15, 0.2) is 0 Å². The predicted molar refractivity (Wildman–Crippen MR) is 133 cm³/mol. The van der Waals surface area contributed by atoms with E-state index in [2.05, 4.69) is 39.7 Å². The van der Waals surface area contributed by atoms with Crippen LogP contribution in [0.5, 0.6) is 5.75 Å². The van der Waals surface area contributed by atoms with Crippen molar-refractivity contribution >= 4 is 5.82 Å². The molecular weight excluding hydrogens is 428 g/mol. The number of aryl methyl sites for hydroxylation is 1. The van der Waals surface area contributed by atoms with Crippen LogP contribution in [0.1, 0.15) is 46.0 Å². The Morgan fingerprint density at radius 1 is 1.09 bits per heavy atom. The van der Waals surface area contributed by atoms with Gasteiger partial charge >= 0.3 is 0 Å². The lowest BCUT2D eigenvalue weighted by atomic mass is 9.67. The van der Waals surface area contributed by atoms with Crippen molar-refractivity contribution in [3.8, 4) is 28.3 Å². The van der Waals surface area contributed by atoms with Crippen LogP contribution in [0.4, 0.5) is 5.82 Å². The summed E-state index contributed by atoms with van der Waals surface area (Å²) in [5, 5.41) is 26.6. The SMILES string of the molecule is Cn1cnc(-c2ccc(-c3ccc(NCC4CC5(C)CCCC(C)(C4)N5)nn3)c(O)c2)cc1=O. The number of phenolic OH excluding ortho intramolecular Hbond substituents is 1. The van der Waals surface area contributed by atoms with Gasteiger partial charge in [-0.15, -0.1) is 10.2 Å². The molecule has 0 radical (unpaired) electrons. The van der Waals surface area contributed by atoms with E-state index < -0.39 is 0 Å². The average molecular weight is 461 g/mol. The third-order valence-corrected chi connectivity index (χ3v) is 7.32. The topological polar surface area (TPSA) is 105 Å². The molecule has 5 rings (SSSR count). The molecule has 0 amide bonds. The number of piperidine rings is 2. The monoisotopic (exact) mass is 460 g/mol. The molecule has 2 bridgehead atoms. The third kappa shape index (κ3) is 4.55. The minimum Gasteiger partial charge on any atom is -0.507 e. The van der Waals surface area contributed by atoms with Gasteiger partial charge in [0.25, 0.3) is 5.56 Å². The molecule has 1 aromatic carbocycles. The van der Waals surface area contributed by atoms with Gasteiger partial charge in [-0.05, 0) is 76.1 Å². The van der Waals surface area contributed by atoms with Crippen molar-refractivity contribution in [2.45, 2.75) is 57.0 Å². The Bertz CT molecular complexity index is 1240. The standard InChI is InChI=1S/C26H32N6O2/c1-25-9-4-10-26(2,31-25)14-17(13-25)15-27-23-8-7-20(29-30-23)19-6-5-18(11-22(19)33)21-12-24(34)32(3)16-28-21/h5-8,11-12,16-17,31,33H,4,9-10,13-15H2,1-3H3,(H,27,30). The summed E-state index contributed by atoms with van der Waals surface area (Å²) in [6, 6.07) is 10.4. The largest absolute Gasteiger partial charge is 0.507 e. The molecular formula is C26H32N6O2. The number of hydrogen-bond acceptors (Lipinski definition) is 7. The molecule has 0 spiro atoms. The fourth-order valence-corrected chi connectivity index (χ4v) is 5.87. The van der Waals surface area contributed by atoms with E-state index in [4.69, 9.17) is 0 Å². The van der Waals surface area contributed by atoms with E-state index in [1.54, 1.807) is 19.2 Å². The van der Waals surface area contributed by atoms with Gasteiger partial charge in [-0.3, -0.25) is 4.79 Å². The lowest BCUT2D eigenvalue weighted by Crippen LogP contribution is -2.63. The van der Waals surface area contributed by atoms with Gasteiger partial charge in [-0.25, -0.2) is 4.98 Å². The second-order valence-corrected chi connectivity index (χ2v) is 10.5. The van der Waals surface area contributed by atoms with Crippen LogP contribution in [0.3, 0.4) is 0 Å². The lowest BCUT2D eigenvalue weighted by molar-refractivity contribution is 0.0589. The molecule has 8 nitrogen and oxygen atoms in total. The van der Waals surface area contributed by atoms with E-state index in [-0.39, 0.29) is 22.4 Å². The maximum Gasteiger partial charge on any atom is 0.253 e. The first-order valence-electron chi connectivity index (χ1n) is 12.0. The molecule has 0 saturated carbocycles. The molecule has 2 saturated heterocycles. The summed E-state index contributed by atoms with van der Waals surface area (Å²) in [6.45, 7) is 5.59. The Hall–Kier alpha value is -3.26. The summed E-state index contributed by atoms with van der Waals surface area (Å²) in [5.41, 5.74) is 2.66. The smallest absolute Gasteiger partial charge is 0.253 e. The van der Waals surface area contributed by atoms with E-state index in [1.165, 1.54) is 49.1 Å². The quantitative estimate of drug-likeness (QED) is 0.533. The highest BCUT2D eigenvalue weighted by Crippen LogP contribution is 2.42. The summed E-state index contributed by atoms with van der Waals surface area (Å²) >= 11 is 0. The van der Waals surface area contributed by atoms with E-state index in [9.17, 15) is 9.90 Å². The highest BCUT2D eigenvalue weighted by molar-refractivity contribution is 5.73. The minimum atomic E-state index is -0.154. The number of aromatic hydroxyl groups is 1. The zero-order valence-electron chi connectivity index (χ0n) is 20.0. The number of fused-ring (bicyclic) bond motifs is 2. The van der Waals surface area contributed by atoms with Gasteiger partial charge < -0.3 is 20.3 Å². The minimum absolute atomic E-state index is 0.0673. The summed E-state index contributed by atoms with van der Waals surface area (Å²) in [5.74, 6) is 1.40. The van der Waals surface area contributed by atoms with Gasteiger partial charge in [0.05, 0.1) is 17.7 Å². The molecule has 2 fully saturated rings. The lowest BCUT2D eigenvalue weighted by Gasteiger charge is -2.53. The Kier molecular flexibility index (Phi) is 5.64. The van der Waals surface area contributed by atoms with Crippen LogP contribution in [0.25, 0.3) is 22.5 Å². The molecule has 34 heavy (non-hydrogen) atoms. The Balaban J connectivity index is 1.26. The third-order valence-electron chi connectivity index (χ3n) is 7.32. The molecule has 3 N–H and O–H groups in total. The second kappa shape index (κ2) is 8.51. The van der Waals surface area contributed by atoms with Gasteiger partial charge in [-0.1, -0.05) is 6.07 Å². The number of anilines is 1. The van der Waals surface area contributed by atoms with Crippen molar-refractivity contribution < 1.29 is 5.11 Å². The van der Waals surface area contributed by atoms with Crippen LogP contribution in [-0.4, -0.2) is 42.5 Å². The highest BCUT2D eigenvalue weighted by Gasteiger charge is 2.45. The molecule has 2 aromatic heterocycles. The fourth-order valence-electron chi connectivity index (χ4n) is 5.87. The van der Waals surface area contributed by atoms with E-state index in [0.717, 1.165) is 12.4 Å². The van der Waals surface area contributed by atoms with Crippen molar-refractivity contribution in [2.75, 3.05) is 11.9 Å². The molecule has 178 valence electrons. The van der Waals surface area contributed by atoms with E-state index in [1.807, 2.05) is 18.2 Å². The molecule has 0 aliphatic carbocycles. The van der Waals surface area contributed by atoms with Crippen molar-refractivity contribution in [1.82, 2.24) is 25.1 Å². The fraction of sp³-hybridized carbons (Fsp3) is 0.462. The number of phenols is 1. The first kappa shape index (κ1) is 22.5. The van der Waals surface area contributed by atoms with Crippen LogP contribution in [0.15, 0.2) is 47.5 Å². The first-order valence-corrected chi connectivity index (χ1v) is 12.0. The molecule has 3 aromatic rings. The van der Waals surface area contributed by atoms with Crippen LogP contribution in [0.2, 0.25) is 0 Å². The molecule has 2 atom stereocenters. The Morgan fingerprint density at radius 2 is 1.85 bits per heavy atom. The molecule has 2 aliphatic heterocycles. The molecule has 2 unspecified atom stereocenters. The van der Waals surface area contributed by atoms with Crippen LogP contribution >= 0.6 is 0 Å². The van der Waals surface area contributed by atoms with Crippen LogP contribution < -0.4 is 16.2 Å². The summed E-state index contributed by atoms with van der Waals surface area (Å²) in [6.07, 6.45) is 7.60. The molecule has 4 heterocycles. The number of hydrogen-bond donors (Lipinski definition) is 3. The Labute approximate surface area is 199 Å². The first-order chi connectivity index (χ1) is 16.2. The van der Waals surface area contributed by atoms with Gasteiger partial charge in [0.2, 0.25) is 0 Å². The van der Waals surface area contributed by atoms with Crippen LogP contribution in [0, 0.1) is 5.92 Å². The predicted octanol–water partition coefficient (Wildman–Crippen LogP) is 3.72. The summed E-state index contributed by atoms with van der Waals surface area (Å²) in [4.78, 5) is 16.1. The van der Waals surface area contributed by atoms with Crippen molar-refractivity contribution in [3.05, 3.63) is 53.1 Å². The van der Waals surface area contributed by atoms with Crippen molar-refractivity contribution in [1.29, 1.82) is 0 Å². The van der Waals surface area contributed by atoms with Crippen LogP contribution in [-0.2, 0) is 7.05 Å². The second-order valence-electron chi connectivity index (χ2n) is 10.5. The number of benzene rings is 1. The van der Waals surface area contributed by atoms with Gasteiger partial charge in [-0.2, -0.15) is 0 Å². The van der Waals surface area contributed by atoms with E-state index in [0.29, 0.717) is 28.4 Å². The molecule has 2 aliphatic rings. The number of nitrogens with one attached hydrogen (secondary N) is 2. The van der Waals surface area contributed by atoms with Crippen molar-refractivity contribution in [2.24, 2.45) is 13.0 Å². The zero-order valence-corrected chi connectivity index (χ0v) is 20.0. The average Bonchev–Trinajstić information content (AvgIpc) is 2.78. The zero-order chi connectivity index (χ0) is 23.9. The normalized spacial score (nSPS) is 26.3. The highest BCUT2D eigenvalue weighted by atomic mass is 16.3. The number of rotatable bonds is 5. The summed E-state index contributed by atoms with van der Waals surface area (Å²) < 4.78 is 1.40. The van der Waals surface area contributed by atoms with Crippen molar-refractivity contribution in [3.63, 3.8) is 0 Å². The summed E-state index contributed by atoms with van der Waals surface area (Å²) in [7, 11) is 1.65.